The minimum atomic E-state index is -2.96. The highest BCUT2D eigenvalue weighted by Crippen LogP contribution is 2.18. The Kier molecular flexibility index (Phi) is 2.30. The molecule has 1 aliphatic heterocycles. The molecule has 0 aliphatic carbocycles. The third kappa shape index (κ3) is 2.04. The van der Waals surface area contributed by atoms with Crippen LogP contribution in [0.15, 0.2) is 6.07 Å². The first kappa shape index (κ1) is 10.2. The van der Waals surface area contributed by atoms with Gasteiger partial charge in [0.25, 0.3) is 0 Å². The van der Waals surface area contributed by atoms with E-state index in [1.54, 1.807) is 0 Å². The van der Waals surface area contributed by atoms with Crippen molar-refractivity contribution >= 4 is 15.8 Å². The van der Waals surface area contributed by atoms with Crippen molar-refractivity contribution in [3.05, 3.63) is 23.0 Å². The van der Waals surface area contributed by atoms with Crippen molar-refractivity contribution in [1.82, 2.24) is 4.98 Å². The Morgan fingerprint density at radius 3 is 2.67 bits per heavy atom. The van der Waals surface area contributed by atoms with Gasteiger partial charge < -0.3 is 10.1 Å². The number of carboxylic acid groups (broad SMARTS) is 1. The molecule has 2 heterocycles. The molecule has 0 fully saturated rings. The zero-order valence-electron chi connectivity index (χ0n) is 7.99. The summed E-state index contributed by atoms with van der Waals surface area (Å²) < 4.78 is 22.7. The second-order valence-corrected chi connectivity index (χ2v) is 5.95. The van der Waals surface area contributed by atoms with E-state index >= 15 is 0 Å². The Balaban J connectivity index is 2.34. The van der Waals surface area contributed by atoms with Gasteiger partial charge in [0, 0.05) is 12.1 Å². The summed E-state index contributed by atoms with van der Waals surface area (Å²) in [6.45, 7) is 0. The molecular weight excluding hydrogens is 218 g/mol. The number of aromatic amines is 1. The molecule has 6 heteroatoms. The Hall–Kier alpha value is -1.30. The average Bonchev–Trinajstić information content (AvgIpc) is 2.50. The van der Waals surface area contributed by atoms with Gasteiger partial charge in [-0.25, -0.2) is 13.2 Å². The summed E-state index contributed by atoms with van der Waals surface area (Å²) in [6, 6.07) is 1.53. The molecule has 1 aromatic rings. The van der Waals surface area contributed by atoms with Crippen LogP contribution in [0.3, 0.4) is 0 Å². The molecule has 0 spiro atoms. The minimum Gasteiger partial charge on any atom is -0.477 e. The summed E-state index contributed by atoms with van der Waals surface area (Å²) in [5.41, 5.74) is 1.70. The first-order valence-electron chi connectivity index (χ1n) is 4.62. The molecule has 0 aromatic carbocycles. The summed E-state index contributed by atoms with van der Waals surface area (Å²) in [4.78, 5) is 13.4. The van der Waals surface area contributed by atoms with Gasteiger partial charge in [0.05, 0.1) is 11.5 Å². The third-order valence-electron chi connectivity index (χ3n) is 2.57. The maximum Gasteiger partial charge on any atom is 0.352 e. The number of rotatable bonds is 1. The van der Waals surface area contributed by atoms with Gasteiger partial charge in [0.15, 0.2) is 9.84 Å². The lowest BCUT2D eigenvalue weighted by atomic mass is 10.1. The van der Waals surface area contributed by atoms with Gasteiger partial charge in [0.2, 0.25) is 0 Å². The topological polar surface area (TPSA) is 87.2 Å². The van der Waals surface area contributed by atoms with Crippen molar-refractivity contribution in [2.45, 2.75) is 12.8 Å². The number of hydrogen-bond acceptors (Lipinski definition) is 3. The van der Waals surface area contributed by atoms with E-state index in [2.05, 4.69) is 4.98 Å². The second kappa shape index (κ2) is 3.37. The fraction of sp³-hybridized carbons (Fsp3) is 0.444. The van der Waals surface area contributed by atoms with E-state index < -0.39 is 15.8 Å². The molecular formula is C9H11NO4S. The predicted octanol–water partition coefficient (Wildman–Crippen LogP) is 0.226. The highest BCUT2D eigenvalue weighted by atomic mass is 32.2. The van der Waals surface area contributed by atoms with Gasteiger partial charge in [-0.2, -0.15) is 0 Å². The average molecular weight is 229 g/mol. The number of aryl methyl sites for hydroxylation is 2. The molecule has 2 N–H and O–H groups in total. The lowest BCUT2D eigenvalue weighted by Crippen LogP contribution is -2.11. The number of carbonyl (C=O) groups is 1. The van der Waals surface area contributed by atoms with Gasteiger partial charge in [-0.1, -0.05) is 0 Å². The first-order chi connectivity index (χ1) is 6.98. The van der Waals surface area contributed by atoms with Gasteiger partial charge in [-0.15, -0.1) is 0 Å². The summed E-state index contributed by atoms with van der Waals surface area (Å²) >= 11 is 0. The van der Waals surface area contributed by atoms with E-state index in [1.165, 1.54) is 6.07 Å². The molecule has 0 amide bonds. The fourth-order valence-electron chi connectivity index (χ4n) is 1.73. The van der Waals surface area contributed by atoms with E-state index in [1.807, 2.05) is 0 Å². The van der Waals surface area contributed by atoms with E-state index in [9.17, 15) is 13.2 Å². The number of nitrogens with one attached hydrogen (secondary N) is 1. The Labute approximate surface area is 87.0 Å². The quantitative estimate of drug-likeness (QED) is 0.721. The number of carboxylic acids is 1. The van der Waals surface area contributed by atoms with Gasteiger partial charge in [-0.05, 0) is 18.1 Å². The van der Waals surface area contributed by atoms with Gasteiger partial charge in [0.1, 0.15) is 5.69 Å². The van der Waals surface area contributed by atoms with Crippen LogP contribution >= 0.6 is 0 Å². The van der Waals surface area contributed by atoms with Crippen molar-refractivity contribution in [1.29, 1.82) is 0 Å². The zero-order valence-corrected chi connectivity index (χ0v) is 8.80. The van der Waals surface area contributed by atoms with Crippen molar-refractivity contribution in [2.24, 2.45) is 0 Å². The lowest BCUT2D eigenvalue weighted by Gasteiger charge is -1.96. The highest BCUT2D eigenvalue weighted by molar-refractivity contribution is 7.91. The molecule has 0 atom stereocenters. The first-order valence-corrected chi connectivity index (χ1v) is 6.44. The molecule has 15 heavy (non-hydrogen) atoms. The van der Waals surface area contributed by atoms with Crippen LogP contribution in [-0.4, -0.2) is 36.0 Å². The summed E-state index contributed by atoms with van der Waals surface area (Å²) in [7, 11) is -2.96. The molecule has 5 nitrogen and oxygen atoms in total. The SMILES string of the molecule is O=C(O)c1cc2c([nH]1)CCS(=O)(=O)CC2. The van der Waals surface area contributed by atoms with Crippen LogP contribution in [-0.2, 0) is 22.7 Å². The summed E-state index contributed by atoms with van der Waals surface area (Å²) in [6.07, 6.45) is 0.784. The molecule has 0 bridgehead atoms. The minimum absolute atomic E-state index is 0.0968. The van der Waals surface area contributed by atoms with E-state index in [4.69, 9.17) is 5.11 Å². The van der Waals surface area contributed by atoms with Crippen LogP contribution in [0, 0.1) is 0 Å². The van der Waals surface area contributed by atoms with Gasteiger partial charge in [-0.3, -0.25) is 0 Å². The smallest absolute Gasteiger partial charge is 0.352 e. The van der Waals surface area contributed by atoms with Crippen LogP contribution in [0.1, 0.15) is 21.7 Å². The highest BCUT2D eigenvalue weighted by Gasteiger charge is 2.21. The number of fused-ring (bicyclic) bond motifs is 1. The van der Waals surface area contributed by atoms with E-state index in [0.717, 1.165) is 11.3 Å². The third-order valence-corrected chi connectivity index (χ3v) is 4.22. The number of aromatic nitrogens is 1. The van der Waals surface area contributed by atoms with Gasteiger partial charge >= 0.3 is 5.97 Å². The molecule has 1 aliphatic rings. The maximum atomic E-state index is 11.3. The number of sulfone groups is 1. The molecule has 0 radical (unpaired) electrons. The van der Waals surface area contributed by atoms with Crippen molar-refractivity contribution < 1.29 is 18.3 Å². The second-order valence-electron chi connectivity index (χ2n) is 3.64. The molecule has 2 rings (SSSR count). The molecule has 82 valence electrons. The molecule has 0 saturated carbocycles. The predicted molar refractivity (Wildman–Crippen MR) is 53.8 cm³/mol. The van der Waals surface area contributed by atoms with Crippen molar-refractivity contribution in [3.8, 4) is 0 Å². The number of aromatic carboxylic acids is 1. The van der Waals surface area contributed by atoms with Crippen molar-refractivity contribution in [3.63, 3.8) is 0 Å². The lowest BCUT2D eigenvalue weighted by molar-refractivity contribution is 0.0691. The zero-order chi connectivity index (χ0) is 11.1. The Morgan fingerprint density at radius 1 is 1.33 bits per heavy atom. The molecule has 0 saturated heterocycles. The largest absolute Gasteiger partial charge is 0.477 e. The van der Waals surface area contributed by atoms with Crippen molar-refractivity contribution in [2.75, 3.05) is 11.5 Å². The Bertz CT molecular complexity index is 469. The normalized spacial score (nSPS) is 19.2. The van der Waals surface area contributed by atoms with Crippen LogP contribution < -0.4 is 0 Å². The summed E-state index contributed by atoms with van der Waals surface area (Å²) in [5.74, 6) is -0.804. The monoisotopic (exact) mass is 229 g/mol. The number of hydrogen-bond donors (Lipinski definition) is 2. The van der Waals surface area contributed by atoms with Crippen LogP contribution in [0.25, 0.3) is 0 Å². The van der Waals surface area contributed by atoms with Crippen LogP contribution in [0.5, 0.6) is 0 Å². The van der Waals surface area contributed by atoms with E-state index in [-0.39, 0.29) is 17.2 Å². The van der Waals surface area contributed by atoms with Crippen LogP contribution in [0.4, 0.5) is 0 Å². The maximum absolute atomic E-state index is 11.3. The summed E-state index contributed by atoms with van der Waals surface area (Å²) in [5, 5.41) is 8.76. The fourth-order valence-corrected chi connectivity index (χ4v) is 2.98. The standard InChI is InChI=1S/C9H11NO4S/c11-9(12)8-5-6-1-3-15(13,14)4-2-7(6)10-8/h5,10H,1-4H2,(H,11,12). The van der Waals surface area contributed by atoms with Crippen LogP contribution in [0.2, 0.25) is 0 Å². The van der Waals surface area contributed by atoms with E-state index in [0.29, 0.717) is 12.8 Å². The molecule has 1 aromatic heterocycles. The number of H-pyrrole nitrogens is 1. The Morgan fingerprint density at radius 2 is 2.00 bits per heavy atom. The molecule has 0 unspecified atom stereocenters.